The molecule has 2 fully saturated rings. The van der Waals surface area contributed by atoms with E-state index < -0.39 is 72.6 Å². The molecular formula is C27H27Br2F3N4O6. The minimum atomic E-state index is -1.63. The number of aliphatic hydroxyl groups excluding tert-OH is 3. The van der Waals surface area contributed by atoms with Gasteiger partial charge in [-0.1, -0.05) is 37.1 Å². The molecule has 2 aliphatic rings. The molecule has 1 saturated heterocycles. The number of anilines is 1. The Labute approximate surface area is 255 Å². The SMILES string of the molecule is COC1C(C(=O)N(c2cc(Br)cc(Br)c2)[C@@H]2CCC[C@H]2O)OC(CO)C(O)C1n1cc(-c2cc(F)c(F)c(F)c2)nn1. The molecule has 5 unspecified atom stereocenters. The van der Waals surface area contributed by atoms with Crippen molar-refractivity contribution in [1.29, 1.82) is 0 Å². The van der Waals surface area contributed by atoms with Gasteiger partial charge in [-0.3, -0.25) is 4.79 Å². The summed E-state index contributed by atoms with van der Waals surface area (Å²) in [5, 5.41) is 40.0. The molecule has 2 aromatic carbocycles. The van der Waals surface area contributed by atoms with Gasteiger partial charge in [-0.2, -0.15) is 0 Å². The summed E-state index contributed by atoms with van der Waals surface area (Å²) in [5.41, 5.74) is 0.317. The topological polar surface area (TPSA) is 130 Å². The van der Waals surface area contributed by atoms with Gasteiger partial charge in [-0.05, 0) is 49.6 Å². The number of methoxy groups -OCH3 is 1. The molecule has 226 valence electrons. The van der Waals surface area contributed by atoms with Crippen molar-refractivity contribution >= 4 is 43.5 Å². The Hall–Kier alpha value is -2.40. The second kappa shape index (κ2) is 12.7. The Bertz CT molecular complexity index is 1420. The molecular weight excluding hydrogens is 693 g/mol. The van der Waals surface area contributed by atoms with Crippen LogP contribution in [0.25, 0.3) is 11.3 Å². The van der Waals surface area contributed by atoms with Gasteiger partial charge < -0.3 is 29.7 Å². The molecule has 42 heavy (non-hydrogen) atoms. The summed E-state index contributed by atoms with van der Waals surface area (Å²) in [6, 6.07) is 5.00. The molecule has 5 rings (SSSR count). The zero-order valence-electron chi connectivity index (χ0n) is 22.1. The van der Waals surface area contributed by atoms with E-state index >= 15 is 0 Å². The van der Waals surface area contributed by atoms with Crippen LogP contribution in [0.4, 0.5) is 18.9 Å². The Kier molecular flexibility index (Phi) is 9.37. The van der Waals surface area contributed by atoms with E-state index in [-0.39, 0.29) is 11.3 Å². The van der Waals surface area contributed by atoms with E-state index in [4.69, 9.17) is 9.47 Å². The molecule has 1 amide bonds. The summed E-state index contributed by atoms with van der Waals surface area (Å²) in [5.74, 6) is -5.05. The molecule has 1 aliphatic carbocycles. The zero-order valence-corrected chi connectivity index (χ0v) is 25.3. The van der Waals surface area contributed by atoms with Crippen molar-refractivity contribution in [2.75, 3.05) is 18.6 Å². The van der Waals surface area contributed by atoms with Gasteiger partial charge in [0.05, 0.1) is 24.9 Å². The number of hydrogen-bond acceptors (Lipinski definition) is 8. The molecule has 1 aromatic heterocycles. The van der Waals surface area contributed by atoms with Crippen molar-refractivity contribution in [2.45, 2.75) is 61.9 Å². The summed E-state index contributed by atoms with van der Waals surface area (Å²) >= 11 is 6.88. The number of rotatable bonds is 7. The quantitative estimate of drug-likeness (QED) is 0.317. The smallest absolute Gasteiger partial charge is 0.259 e. The lowest BCUT2D eigenvalue weighted by molar-refractivity contribution is -0.211. The van der Waals surface area contributed by atoms with Crippen molar-refractivity contribution in [3.8, 4) is 11.3 Å². The average molecular weight is 720 g/mol. The van der Waals surface area contributed by atoms with Crippen LogP contribution in [0.1, 0.15) is 25.3 Å². The molecule has 3 aromatic rings. The first-order chi connectivity index (χ1) is 20.0. The van der Waals surface area contributed by atoms with Crippen molar-refractivity contribution in [1.82, 2.24) is 15.0 Å². The number of ether oxygens (including phenoxy) is 2. The zero-order chi connectivity index (χ0) is 30.3. The molecule has 1 aliphatic heterocycles. The number of halogens is 5. The summed E-state index contributed by atoms with van der Waals surface area (Å²) in [6.07, 6.45) is -3.12. The van der Waals surface area contributed by atoms with Crippen LogP contribution >= 0.6 is 31.9 Å². The molecule has 15 heteroatoms. The number of carbonyl (C=O) groups is 1. The minimum absolute atomic E-state index is 0.0422. The third kappa shape index (κ3) is 5.87. The van der Waals surface area contributed by atoms with Crippen LogP contribution in [0.3, 0.4) is 0 Å². The Morgan fingerprint density at radius 3 is 2.36 bits per heavy atom. The maximum Gasteiger partial charge on any atom is 0.259 e. The highest BCUT2D eigenvalue weighted by Gasteiger charge is 2.52. The fourth-order valence-corrected chi connectivity index (χ4v) is 6.91. The highest BCUT2D eigenvalue weighted by Crippen LogP contribution is 2.38. The van der Waals surface area contributed by atoms with Gasteiger partial charge in [0.2, 0.25) is 0 Å². The number of hydrogen-bond donors (Lipinski definition) is 3. The minimum Gasteiger partial charge on any atom is -0.394 e. The van der Waals surface area contributed by atoms with E-state index in [0.29, 0.717) is 33.9 Å². The molecule has 1 saturated carbocycles. The fraction of sp³-hybridized carbons (Fsp3) is 0.444. The number of benzene rings is 2. The van der Waals surface area contributed by atoms with Gasteiger partial charge in [-0.15, -0.1) is 5.10 Å². The summed E-state index contributed by atoms with van der Waals surface area (Å²) in [6.45, 7) is -0.664. The standard InChI is InChI=1S/C27H27Br2F3N4O6/c1-41-25-23(35-10-18(33-34-35)12-5-16(30)22(32)17(31)6-12)24(39)21(11-37)42-26(25)27(40)36(19-3-2-4-20(19)38)15-8-13(28)7-14(29)9-15/h5-10,19-21,23-26,37-39H,2-4,11H2,1H3/t19-,20-,21?,23?,24?,25?,26?/m1/s1. The highest BCUT2D eigenvalue weighted by atomic mass is 79.9. The van der Waals surface area contributed by atoms with Crippen molar-refractivity contribution in [3.63, 3.8) is 0 Å². The van der Waals surface area contributed by atoms with Crippen molar-refractivity contribution in [3.05, 3.63) is 62.9 Å². The van der Waals surface area contributed by atoms with Crippen molar-refractivity contribution in [2.24, 2.45) is 0 Å². The number of amides is 1. The highest BCUT2D eigenvalue weighted by molar-refractivity contribution is 9.11. The maximum absolute atomic E-state index is 14.4. The summed E-state index contributed by atoms with van der Waals surface area (Å²) in [7, 11) is 1.31. The Morgan fingerprint density at radius 2 is 1.79 bits per heavy atom. The summed E-state index contributed by atoms with van der Waals surface area (Å²) in [4.78, 5) is 15.8. The van der Waals surface area contributed by atoms with Gasteiger partial charge >= 0.3 is 0 Å². The van der Waals surface area contributed by atoms with E-state index in [1.165, 1.54) is 18.2 Å². The number of aliphatic hydroxyl groups is 3. The molecule has 7 atom stereocenters. The number of aromatic nitrogens is 3. The molecule has 0 radical (unpaired) electrons. The first kappa shape index (κ1) is 31.0. The van der Waals surface area contributed by atoms with E-state index in [0.717, 1.165) is 16.8 Å². The van der Waals surface area contributed by atoms with Crippen LogP contribution in [0, 0.1) is 17.5 Å². The van der Waals surface area contributed by atoms with Crippen molar-refractivity contribution < 1.29 is 42.8 Å². The van der Waals surface area contributed by atoms with Gasteiger partial charge in [0, 0.05) is 27.3 Å². The average Bonchev–Trinajstić information content (AvgIpc) is 3.60. The molecule has 3 N–H and O–H groups in total. The second-order valence-corrected chi connectivity index (χ2v) is 12.0. The van der Waals surface area contributed by atoms with Gasteiger partial charge in [0.1, 0.15) is 30.0 Å². The lowest BCUT2D eigenvalue weighted by Crippen LogP contribution is -2.62. The van der Waals surface area contributed by atoms with Gasteiger partial charge in [0.15, 0.2) is 23.6 Å². The van der Waals surface area contributed by atoms with Crippen LogP contribution in [0.15, 0.2) is 45.5 Å². The monoisotopic (exact) mass is 718 g/mol. The molecule has 0 spiro atoms. The fourth-order valence-electron chi connectivity index (χ4n) is 5.64. The van der Waals surface area contributed by atoms with Crippen LogP contribution in [-0.2, 0) is 14.3 Å². The van der Waals surface area contributed by atoms with E-state index in [1.54, 1.807) is 18.2 Å². The largest absolute Gasteiger partial charge is 0.394 e. The van der Waals surface area contributed by atoms with E-state index in [9.17, 15) is 33.3 Å². The molecule has 0 bridgehead atoms. The Balaban J connectivity index is 1.54. The second-order valence-electron chi connectivity index (χ2n) is 10.2. The van der Waals surface area contributed by atoms with E-state index in [2.05, 4.69) is 42.2 Å². The predicted octanol–water partition coefficient (Wildman–Crippen LogP) is 3.51. The van der Waals surface area contributed by atoms with Gasteiger partial charge in [0.25, 0.3) is 5.91 Å². The molecule has 2 heterocycles. The lowest BCUT2D eigenvalue weighted by Gasteiger charge is -2.45. The molecule has 10 nitrogen and oxygen atoms in total. The van der Waals surface area contributed by atoms with E-state index in [1.807, 2.05) is 0 Å². The lowest BCUT2D eigenvalue weighted by atomic mass is 9.91. The van der Waals surface area contributed by atoms with Crippen LogP contribution in [-0.4, -0.2) is 86.5 Å². The Morgan fingerprint density at radius 1 is 1.12 bits per heavy atom. The van der Waals surface area contributed by atoms with Crippen LogP contribution < -0.4 is 4.90 Å². The third-order valence-corrected chi connectivity index (χ3v) is 8.53. The first-order valence-corrected chi connectivity index (χ1v) is 14.6. The van der Waals surface area contributed by atoms with Crippen LogP contribution in [0.2, 0.25) is 0 Å². The predicted molar refractivity (Wildman–Crippen MR) is 150 cm³/mol. The third-order valence-electron chi connectivity index (χ3n) is 7.62. The van der Waals surface area contributed by atoms with Crippen LogP contribution in [0.5, 0.6) is 0 Å². The number of carbonyl (C=O) groups excluding carboxylic acids is 1. The first-order valence-electron chi connectivity index (χ1n) is 13.0. The maximum atomic E-state index is 14.4. The number of nitrogens with zero attached hydrogens (tertiary/aromatic N) is 4. The summed E-state index contributed by atoms with van der Waals surface area (Å²) < 4.78 is 55.4. The normalized spacial score (nSPS) is 27.8. The van der Waals surface area contributed by atoms with Gasteiger partial charge in [-0.25, -0.2) is 17.9 Å².